The van der Waals surface area contributed by atoms with E-state index in [2.05, 4.69) is 88.0 Å². The van der Waals surface area contributed by atoms with E-state index in [-0.39, 0.29) is 59.2 Å². The molecule has 360 valence electrons. The highest BCUT2D eigenvalue weighted by molar-refractivity contribution is 9.11. The van der Waals surface area contributed by atoms with E-state index in [4.69, 9.17) is 43.6 Å². The number of likely N-dealkylation sites (tertiary alicyclic amines) is 2. The fourth-order valence-corrected chi connectivity index (χ4v) is 14.6. The molecule has 3 amide bonds. The van der Waals surface area contributed by atoms with E-state index in [0.717, 1.165) is 130 Å². The van der Waals surface area contributed by atoms with Crippen LogP contribution in [0.4, 0.5) is 0 Å². The summed E-state index contributed by atoms with van der Waals surface area (Å²) in [6, 6.07) is 12.6. The number of carbonyl (C=O) groups is 4. The molecular formula is C52H55Br4Cl2N5O5. The average molecular weight is 1220 g/mol. The molecule has 4 aromatic rings. The van der Waals surface area contributed by atoms with Gasteiger partial charge >= 0.3 is 5.97 Å². The predicted molar refractivity (Wildman–Crippen MR) is 278 cm³/mol. The van der Waals surface area contributed by atoms with Gasteiger partial charge in [0.15, 0.2) is 0 Å². The molecule has 4 unspecified atom stereocenters. The van der Waals surface area contributed by atoms with E-state index in [1.807, 2.05) is 41.2 Å². The molecule has 10 rings (SSSR count). The number of primary amides is 1. The van der Waals surface area contributed by atoms with Gasteiger partial charge in [0.2, 0.25) is 17.7 Å². The van der Waals surface area contributed by atoms with Crippen LogP contribution in [0.5, 0.6) is 0 Å². The van der Waals surface area contributed by atoms with Crippen LogP contribution in [0.25, 0.3) is 0 Å². The number of carbonyl (C=O) groups excluding carboxylic acids is 4. The molecule has 4 heterocycles. The maximum absolute atomic E-state index is 13.0. The molecule has 0 spiro atoms. The third-order valence-electron chi connectivity index (χ3n) is 15.2. The van der Waals surface area contributed by atoms with Gasteiger partial charge in [-0.15, -0.1) is 0 Å². The van der Waals surface area contributed by atoms with Crippen molar-refractivity contribution in [2.75, 3.05) is 32.8 Å². The highest BCUT2D eigenvalue weighted by atomic mass is 79.9. The number of hydrogen-bond acceptors (Lipinski definition) is 7. The first-order valence-electron chi connectivity index (χ1n) is 23.9. The lowest BCUT2D eigenvalue weighted by Crippen LogP contribution is -2.40. The van der Waals surface area contributed by atoms with Crippen LogP contribution in [-0.4, -0.2) is 76.2 Å². The molecule has 68 heavy (non-hydrogen) atoms. The van der Waals surface area contributed by atoms with Crippen molar-refractivity contribution < 1.29 is 23.9 Å². The number of halogens is 6. The number of fused-ring (bicyclic) bond motifs is 4. The number of hydrogen-bond donors (Lipinski definition) is 1. The van der Waals surface area contributed by atoms with Gasteiger partial charge in [-0.3, -0.25) is 29.1 Å². The third kappa shape index (κ3) is 11.1. The van der Waals surface area contributed by atoms with Crippen LogP contribution in [0.1, 0.15) is 115 Å². The van der Waals surface area contributed by atoms with E-state index in [9.17, 15) is 19.2 Å². The summed E-state index contributed by atoms with van der Waals surface area (Å²) < 4.78 is 9.19. The number of aromatic nitrogens is 2. The van der Waals surface area contributed by atoms with Crippen molar-refractivity contribution in [2.24, 2.45) is 41.2 Å². The fourth-order valence-electron chi connectivity index (χ4n) is 11.6. The topological polar surface area (TPSA) is 136 Å². The molecule has 6 atom stereocenters. The van der Waals surface area contributed by atoms with Crippen molar-refractivity contribution in [2.45, 2.75) is 95.8 Å². The Hall–Kier alpha value is -2.88. The van der Waals surface area contributed by atoms with Crippen LogP contribution in [0.2, 0.25) is 10.0 Å². The number of benzene rings is 2. The number of amides is 3. The van der Waals surface area contributed by atoms with Crippen LogP contribution < -0.4 is 5.73 Å². The standard InChI is InChI=1S/C27H29Br2ClN2O3.C25H26Br2ClN3O2/c1-2-35-27(34)21-11-18(21)12-23(33)32-7-5-15(6-8-32)25-24-16(10-20(30)13-22(24)29)3-4-17-9-19(28)14-31-26(17)25;26-17-7-15-2-1-14-8-18(28)11-20(27)22(14)23(24(15)30-12-17)13-3-5-31(6-4-13)21(32)10-16-9-19(16)25(29)33/h9-10,13-15,18,21,25H,2-8,11-12H2,1H3;7-8,11-13,16,19,23H,1-6,9-10H2,(H2,29,33)/t18?,21?,25-;16?,19?,23-/m11/s1. The number of nitrogens with zero attached hydrogens (tertiary/aromatic N) is 4. The lowest BCUT2D eigenvalue weighted by Gasteiger charge is -2.37. The third-order valence-corrected chi connectivity index (χ3v) is 17.9. The van der Waals surface area contributed by atoms with E-state index in [1.165, 1.54) is 33.4 Å². The van der Waals surface area contributed by atoms with Gasteiger partial charge in [0.05, 0.1) is 23.9 Å². The number of aryl methyl sites for hydroxylation is 4. The SMILES string of the molecule is CCOC(=O)C1CC1CC(=O)N1CCC([C@H]2c3ncc(Br)cc3CCc3cc(Cl)cc(Br)c32)CC1.NC(=O)C1CC1CC(=O)N1CCC([C@H]2c3ncc(Br)cc3CCc3cc(Cl)cc(Br)c32)CC1. The number of nitrogens with two attached hydrogens (primary N) is 1. The minimum Gasteiger partial charge on any atom is -0.466 e. The first kappa shape index (κ1) is 50.1. The average Bonchev–Trinajstić information content (AvgIpc) is 4.24. The first-order chi connectivity index (χ1) is 32.7. The molecule has 2 N–H and O–H groups in total. The minimum atomic E-state index is -0.276. The first-order valence-corrected chi connectivity index (χ1v) is 27.9. The molecule has 4 fully saturated rings. The highest BCUT2D eigenvalue weighted by Gasteiger charge is 2.47. The molecule has 10 nitrogen and oxygen atoms in total. The molecule has 6 aliphatic rings. The maximum atomic E-state index is 13.0. The normalized spacial score (nSPS) is 24.2. The van der Waals surface area contributed by atoms with Gasteiger partial charge in [0.25, 0.3) is 0 Å². The van der Waals surface area contributed by atoms with E-state index >= 15 is 0 Å². The van der Waals surface area contributed by atoms with E-state index in [0.29, 0.717) is 31.3 Å². The Labute approximate surface area is 442 Å². The van der Waals surface area contributed by atoms with Crippen LogP contribution in [0.15, 0.2) is 66.7 Å². The molecule has 2 saturated carbocycles. The molecule has 4 aliphatic carbocycles. The summed E-state index contributed by atoms with van der Waals surface area (Å²) >= 11 is 27.6. The lowest BCUT2D eigenvalue weighted by molar-refractivity contribution is -0.145. The largest absolute Gasteiger partial charge is 0.466 e. The number of pyridine rings is 2. The summed E-state index contributed by atoms with van der Waals surface area (Å²) in [7, 11) is 0. The molecule has 0 radical (unpaired) electrons. The van der Waals surface area contributed by atoms with Crippen molar-refractivity contribution in [3.63, 3.8) is 0 Å². The summed E-state index contributed by atoms with van der Waals surface area (Å²) in [4.78, 5) is 62.8. The van der Waals surface area contributed by atoms with Gasteiger partial charge in [-0.25, -0.2) is 0 Å². The Kier molecular flexibility index (Phi) is 15.8. The van der Waals surface area contributed by atoms with E-state index < -0.39 is 0 Å². The van der Waals surface area contributed by atoms with Crippen molar-refractivity contribution in [3.8, 4) is 0 Å². The Bertz CT molecular complexity index is 2620. The zero-order valence-corrected chi connectivity index (χ0v) is 45.8. The summed E-state index contributed by atoms with van der Waals surface area (Å²) in [6.45, 7) is 5.16. The number of ether oxygens (including phenoxy) is 1. The summed E-state index contributed by atoms with van der Waals surface area (Å²) in [5.74, 6) is 1.06. The van der Waals surface area contributed by atoms with Crippen LogP contribution >= 0.6 is 86.9 Å². The van der Waals surface area contributed by atoms with Crippen LogP contribution in [0.3, 0.4) is 0 Å². The van der Waals surface area contributed by atoms with E-state index in [1.54, 1.807) is 0 Å². The zero-order chi connectivity index (χ0) is 48.0. The Morgan fingerprint density at radius 3 is 1.46 bits per heavy atom. The quantitative estimate of drug-likeness (QED) is 0.165. The molecular weight excluding hydrogens is 1170 g/mol. The highest BCUT2D eigenvalue weighted by Crippen LogP contribution is 2.49. The number of rotatable bonds is 9. The van der Waals surface area contributed by atoms with Gasteiger partial charge in [-0.05, 0) is 196 Å². The smallest absolute Gasteiger partial charge is 0.309 e. The van der Waals surface area contributed by atoms with Gasteiger partial charge < -0.3 is 20.3 Å². The molecule has 0 bridgehead atoms. The Balaban J connectivity index is 0.000000170. The Morgan fingerprint density at radius 1 is 0.632 bits per heavy atom. The second kappa shape index (κ2) is 21.5. The predicted octanol–water partition coefficient (Wildman–Crippen LogP) is 11.6. The lowest BCUT2D eigenvalue weighted by atomic mass is 9.76. The van der Waals surface area contributed by atoms with Crippen LogP contribution in [-0.2, 0) is 49.6 Å². The molecule has 2 aliphatic heterocycles. The molecule has 2 saturated heterocycles. The van der Waals surface area contributed by atoms with Crippen LogP contribution in [0, 0.1) is 35.5 Å². The molecule has 2 aromatic carbocycles. The van der Waals surface area contributed by atoms with Crippen molar-refractivity contribution >= 4 is 111 Å². The summed E-state index contributed by atoms with van der Waals surface area (Å²) in [5.41, 5.74) is 15.4. The maximum Gasteiger partial charge on any atom is 0.309 e. The second-order valence-electron chi connectivity index (χ2n) is 19.5. The van der Waals surface area contributed by atoms with Gasteiger partial charge in [0.1, 0.15) is 0 Å². The summed E-state index contributed by atoms with van der Waals surface area (Å²) in [5, 5.41) is 1.49. The fraction of sp³-hybridized carbons (Fsp3) is 0.500. The van der Waals surface area contributed by atoms with Crippen molar-refractivity contribution in [1.29, 1.82) is 0 Å². The van der Waals surface area contributed by atoms with Gasteiger partial charge in [0, 0.05) is 97.1 Å². The number of esters is 1. The summed E-state index contributed by atoms with van der Waals surface area (Å²) in [6.07, 6.45) is 13.6. The molecule has 2 aromatic heterocycles. The zero-order valence-electron chi connectivity index (χ0n) is 37.9. The van der Waals surface area contributed by atoms with Crippen molar-refractivity contribution in [1.82, 2.24) is 19.8 Å². The minimum absolute atomic E-state index is 0.0926. The van der Waals surface area contributed by atoms with Gasteiger partial charge in [-0.1, -0.05) is 55.1 Å². The second-order valence-corrected chi connectivity index (χ2v) is 23.9. The Morgan fingerprint density at radius 2 is 1.04 bits per heavy atom. The monoisotopic (exact) mass is 1220 g/mol. The number of piperidine rings is 2. The van der Waals surface area contributed by atoms with Gasteiger partial charge in [-0.2, -0.15) is 0 Å². The van der Waals surface area contributed by atoms with Crippen molar-refractivity contribution in [3.05, 3.63) is 121 Å². The molecule has 16 heteroatoms.